The van der Waals surface area contributed by atoms with Gasteiger partial charge in [-0.25, -0.2) is 4.98 Å². The van der Waals surface area contributed by atoms with Crippen molar-refractivity contribution in [1.29, 1.82) is 0 Å². The number of thiazole rings is 1. The van der Waals surface area contributed by atoms with Gasteiger partial charge in [-0.1, -0.05) is 29.8 Å². The summed E-state index contributed by atoms with van der Waals surface area (Å²) in [4.78, 5) is 5.93. The number of nitrogens with zero attached hydrogens (tertiary/aromatic N) is 1. The van der Waals surface area contributed by atoms with Gasteiger partial charge in [0.05, 0.1) is 10.2 Å². The summed E-state index contributed by atoms with van der Waals surface area (Å²) in [5, 5.41) is 0. The van der Waals surface area contributed by atoms with Gasteiger partial charge in [-0.05, 0) is 108 Å². The second kappa shape index (κ2) is 14.4. The van der Waals surface area contributed by atoms with Gasteiger partial charge in [0.25, 0.3) is 0 Å². The highest BCUT2D eigenvalue weighted by molar-refractivity contribution is 9.46. The summed E-state index contributed by atoms with van der Waals surface area (Å²) >= 11 is 1.74. The quantitative estimate of drug-likeness (QED) is 0.101. The minimum absolute atomic E-state index is 0.759. The molecule has 0 amide bonds. The topological polar surface area (TPSA) is 40.6 Å². The molecule has 4 nitrogen and oxygen atoms in total. The zero-order chi connectivity index (χ0) is 22.8. The van der Waals surface area contributed by atoms with E-state index in [1.165, 1.54) is 20.7 Å². The van der Waals surface area contributed by atoms with Gasteiger partial charge in [-0.3, -0.25) is 0 Å². The normalized spacial score (nSPS) is 12.0. The number of aryl methyl sites for hydroxylation is 2. The molecule has 174 valence electrons. The van der Waals surface area contributed by atoms with Crippen molar-refractivity contribution in [3.8, 4) is 0 Å². The van der Waals surface area contributed by atoms with Crippen LogP contribution in [-0.2, 0) is 19.7 Å². The number of hydrogen-bond acceptors (Lipinski definition) is 12. The zero-order valence-electron chi connectivity index (χ0n) is 17.9. The van der Waals surface area contributed by atoms with E-state index in [0.717, 1.165) is 22.3 Å². The molecule has 0 saturated heterocycles. The van der Waals surface area contributed by atoms with E-state index >= 15 is 0 Å². The fraction of sp³-hybridized carbons (Fsp3) is 0.316. The standard InChI is InChI=1S/C19H23NO3S8Si/c1-14-9-10-17(15(13-14)11-12-32(21-2,22-3)23-4)25-27-29-31-30-28-26-19-20-16-7-5-6-8-18(16)24-19/h5-10,13H,11-12H2,1-4H3. The lowest BCUT2D eigenvalue weighted by Crippen LogP contribution is -2.43. The maximum absolute atomic E-state index is 5.58. The van der Waals surface area contributed by atoms with Crippen LogP contribution >= 0.6 is 82.1 Å². The van der Waals surface area contributed by atoms with Crippen LogP contribution in [0.3, 0.4) is 0 Å². The molecule has 2 aromatic carbocycles. The molecule has 3 rings (SSSR count). The first-order valence-corrected chi connectivity index (χ1v) is 20.9. The third kappa shape index (κ3) is 8.23. The van der Waals surface area contributed by atoms with Gasteiger partial charge in [-0.2, -0.15) is 0 Å². The van der Waals surface area contributed by atoms with Crippen molar-refractivity contribution in [3.63, 3.8) is 0 Å². The molecular weight excluding hydrogens is 575 g/mol. The molecule has 1 heterocycles. The Morgan fingerprint density at radius 1 is 0.875 bits per heavy atom. The molecule has 0 bridgehead atoms. The number of hydrogen-bond donors (Lipinski definition) is 0. The van der Waals surface area contributed by atoms with Crippen LogP contribution in [-0.4, -0.2) is 35.1 Å². The molecule has 0 saturated carbocycles. The molecule has 32 heavy (non-hydrogen) atoms. The average Bonchev–Trinajstić information content (AvgIpc) is 3.23. The van der Waals surface area contributed by atoms with Crippen molar-refractivity contribution in [2.24, 2.45) is 0 Å². The summed E-state index contributed by atoms with van der Waals surface area (Å²) in [6.45, 7) is 2.13. The third-order valence-corrected chi connectivity index (χ3v) is 21.3. The highest BCUT2D eigenvalue weighted by Gasteiger charge is 2.37. The van der Waals surface area contributed by atoms with E-state index < -0.39 is 8.80 Å². The Balaban J connectivity index is 1.40. The van der Waals surface area contributed by atoms with E-state index in [9.17, 15) is 0 Å². The molecule has 3 aromatic rings. The molecule has 0 radical (unpaired) electrons. The number of fused-ring (bicyclic) bond motifs is 1. The van der Waals surface area contributed by atoms with Gasteiger partial charge in [0, 0.05) is 32.3 Å². The van der Waals surface area contributed by atoms with E-state index in [2.05, 4.69) is 48.3 Å². The summed E-state index contributed by atoms with van der Waals surface area (Å²) < 4.78 is 19.1. The number of benzene rings is 2. The number of para-hydroxylation sites is 1. The SMILES string of the molecule is CO[Si](CCc1cc(C)ccc1SSSSSSSc1nc2ccccc2s1)(OC)OC. The molecule has 1 aromatic heterocycles. The second-order valence-electron chi connectivity index (χ2n) is 6.36. The summed E-state index contributed by atoms with van der Waals surface area (Å²) in [5.41, 5.74) is 3.65. The monoisotopic (exact) mass is 597 g/mol. The van der Waals surface area contributed by atoms with Crippen LogP contribution in [0.15, 0.2) is 51.7 Å². The van der Waals surface area contributed by atoms with E-state index in [0.29, 0.717) is 0 Å². The fourth-order valence-corrected chi connectivity index (χ4v) is 20.0. The van der Waals surface area contributed by atoms with E-state index in [1.54, 1.807) is 103 Å². The van der Waals surface area contributed by atoms with Gasteiger partial charge in [0.2, 0.25) is 0 Å². The molecule has 0 N–H and O–H groups in total. The van der Waals surface area contributed by atoms with Gasteiger partial charge < -0.3 is 13.3 Å². The van der Waals surface area contributed by atoms with Gasteiger partial charge in [0.15, 0.2) is 4.34 Å². The largest absolute Gasteiger partial charge is 0.500 e. The lowest BCUT2D eigenvalue weighted by atomic mass is 10.1. The lowest BCUT2D eigenvalue weighted by molar-refractivity contribution is 0.123. The van der Waals surface area contributed by atoms with E-state index in [-0.39, 0.29) is 0 Å². The Morgan fingerprint density at radius 2 is 1.56 bits per heavy atom. The van der Waals surface area contributed by atoms with Crippen LogP contribution in [0.25, 0.3) is 10.2 Å². The van der Waals surface area contributed by atoms with E-state index in [4.69, 9.17) is 13.3 Å². The van der Waals surface area contributed by atoms with Gasteiger partial charge >= 0.3 is 8.80 Å². The molecular formula is C19H23NO3S8Si. The van der Waals surface area contributed by atoms with Crippen LogP contribution in [0.2, 0.25) is 6.04 Å². The first-order valence-electron chi connectivity index (χ1n) is 9.37. The van der Waals surface area contributed by atoms with Gasteiger partial charge in [0.1, 0.15) is 0 Å². The Kier molecular flexibility index (Phi) is 12.4. The van der Waals surface area contributed by atoms with Gasteiger partial charge in [-0.15, -0.1) is 11.3 Å². The summed E-state index contributed by atoms with van der Waals surface area (Å²) in [6, 6.07) is 15.6. The van der Waals surface area contributed by atoms with Crippen molar-refractivity contribution < 1.29 is 13.3 Å². The van der Waals surface area contributed by atoms with Crippen molar-refractivity contribution in [1.82, 2.24) is 4.98 Å². The Morgan fingerprint density at radius 3 is 2.28 bits per heavy atom. The summed E-state index contributed by atoms with van der Waals surface area (Å²) in [7, 11) is 14.8. The zero-order valence-corrected chi connectivity index (χ0v) is 25.4. The Bertz CT molecular complexity index is 947. The first-order chi connectivity index (χ1) is 15.6. The highest BCUT2D eigenvalue weighted by Crippen LogP contribution is 2.58. The second-order valence-corrected chi connectivity index (χ2v) is 21.7. The summed E-state index contributed by atoms with van der Waals surface area (Å²) in [6.07, 6.45) is 0.869. The highest BCUT2D eigenvalue weighted by atomic mass is 33.9. The molecule has 0 unspecified atom stereocenters. The number of aromatic nitrogens is 1. The maximum atomic E-state index is 5.58. The fourth-order valence-electron chi connectivity index (χ4n) is 2.84. The van der Waals surface area contributed by atoms with Crippen molar-refractivity contribution in [3.05, 3.63) is 53.6 Å². The predicted molar refractivity (Wildman–Crippen MR) is 156 cm³/mol. The molecule has 13 heteroatoms. The summed E-state index contributed by atoms with van der Waals surface area (Å²) in [5.74, 6) is 0. The predicted octanol–water partition coefficient (Wildman–Crippen LogP) is 9.07. The van der Waals surface area contributed by atoms with Crippen molar-refractivity contribution >= 4 is 101 Å². The van der Waals surface area contributed by atoms with Crippen LogP contribution in [0.4, 0.5) is 0 Å². The molecule has 0 fully saturated rings. The molecule has 0 aliphatic rings. The minimum Gasteiger partial charge on any atom is -0.377 e. The molecule has 0 atom stereocenters. The van der Waals surface area contributed by atoms with Crippen LogP contribution < -0.4 is 0 Å². The van der Waals surface area contributed by atoms with Crippen molar-refractivity contribution in [2.75, 3.05) is 21.3 Å². The first kappa shape index (κ1) is 27.5. The smallest absolute Gasteiger partial charge is 0.377 e. The number of rotatable bonds is 14. The van der Waals surface area contributed by atoms with E-state index in [1.807, 2.05) is 6.07 Å². The van der Waals surface area contributed by atoms with Crippen molar-refractivity contribution in [2.45, 2.75) is 28.6 Å². The average molecular weight is 598 g/mol. The van der Waals surface area contributed by atoms with Crippen LogP contribution in [0.1, 0.15) is 11.1 Å². The Labute approximate surface area is 221 Å². The lowest BCUT2D eigenvalue weighted by Gasteiger charge is -2.24. The minimum atomic E-state index is -2.57. The third-order valence-electron chi connectivity index (χ3n) is 4.46. The Hall–Kier alpha value is 0.877. The van der Waals surface area contributed by atoms with Crippen LogP contribution in [0, 0.1) is 6.92 Å². The molecule has 0 aliphatic heterocycles. The molecule has 0 spiro atoms. The maximum Gasteiger partial charge on any atom is 0.500 e. The molecule has 0 aliphatic carbocycles. The van der Waals surface area contributed by atoms with Crippen LogP contribution in [0.5, 0.6) is 0 Å².